The van der Waals surface area contributed by atoms with Crippen LogP contribution in [0, 0.1) is 5.92 Å². The molecule has 1 aromatic rings. The van der Waals surface area contributed by atoms with Crippen molar-refractivity contribution in [3.8, 4) is 5.88 Å². The summed E-state index contributed by atoms with van der Waals surface area (Å²) < 4.78 is 10.1. The number of methoxy groups -OCH3 is 1. The second-order valence-corrected chi connectivity index (χ2v) is 3.40. The van der Waals surface area contributed by atoms with Gasteiger partial charge >= 0.3 is 0 Å². The molecule has 0 aromatic carbocycles. The van der Waals surface area contributed by atoms with Gasteiger partial charge in [0.2, 0.25) is 0 Å². The fraction of sp³-hybridized carbons (Fsp3) is 0.667. The van der Waals surface area contributed by atoms with Crippen LogP contribution in [0.1, 0.15) is 12.2 Å². The molecule has 1 fully saturated rings. The van der Waals surface area contributed by atoms with Crippen molar-refractivity contribution in [2.45, 2.75) is 12.8 Å². The molecule has 2 heterocycles. The topological polar surface area (TPSA) is 47.3 Å². The molecule has 0 saturated carbocycles. The van der Waals surface area contributed by atoms with Crippen molar-refractivity contribution >= 4 is 0 Å². The van der Waals surface area contributed by atoms with Crippen molar-refractivity contribution < 1.29 is 9.26 Å². The van der Waals surface area contributed by atoms with Gasteiger partial charge in [0.15, 0.2) is 0 Å². The number of nitrogens with zero attached hydrogens (tertiary/aromatic N) is 1. The molecule has 2 rings (SSSR count). The molecule has 1 saturated heterocycles. The SMILES string of the molecule is COc1cc(CC2CCNC2)on1. The van der Waals surface area contributed by atoms with E-state index in [1.54, 1.807) is 7.11 Å². The number of nitrogens with one attached hydrogen (secondary N) is 1. The molecule has 13 heavy (non-hydrogen) atoms. The number of hydrogen-bond acceptors (Lipinski definition) is 4. The van der Waals surface area contributed by atoms with Crippen molar-refractivity contribution in [1.82, 2.24) is 10.5 Å². The Hall–Kier alpha value is -1.03. The van der Waals surface area contributed by atoms with E-state index >= 15 is 0 Å². The molecule has 1 atom stereocenters. The summed E-state index contributed by atoms with van der Waals surface area (Å²) in [7, 11) is 1.60. The lowest BCUT2D eigenvalue weighted by Gasteiger charge is -2.02. The lowest BCUT2D eigenvalue weighted by atomic mass is 10.0. The number of ether oxygens (including phenoxy) is 1. The van der Waals surface area contributed by atoms with Gasteiger partial charge < -0.3 is 14.6 Å². The molecule has 1 N–H and O–H groups in total. The van der Waals surface area contributed by atoms with Crippen molar-refractivity contribution in [2.24, 2.45) is 5.92 Å². The Morgan fingerprint density at radius 3 is 3.31 bits per heavy atom. The average Bonchev–Trinajstić information content (AvgIpc) is 2.76. The van der Waals surface area contributed by atoms with Crippen LogP contribution in [0.25, 0.3) is 0 Å². The third-order valence-corrected chi connectivity index (χ3v) is 2.40. The first-order valence-corrected chi connectivity index (χ1v) is 4.59. The van der Waals surface area contributed by atoms with Gasteiger partial charge in [0.25, 0.3) is 5.88 Å². The quantitative estimate of drug-likeness (QED) is 0.752. The van der Waals surface area contributed by atoms with Crippen molar-refractivity contribution in [2.75, 3.05) is 20.2 Å². The van der Waals surface area contributed by atoms with E-state index in [0.717, 1.165) is 25.3 Å². The summed E-state index contributed by atoms with van der Waals surface area (Å²) in [5, 5.41) is 7.08. The normalized spacial score (nSPS) is 22.1. The van der Waals surface area contributed by atoms with Crippen LogP contribution in [0.5, 0.6) is 5.88 Å². The minimum atomic E-state index is 0.570. The van der Waals surface area contributed by atoms with E-state index < -0.39 is 0 Å². The van der Waals surface area contributed by atoms with Crippen LogP contribution in [0.2, 0.25) is 0 Å². The highest BCUT2D eigenvalue weighted by atomic mass is 16.5. The Labute approximate surface area is 77.2 Å². The molecule has 1 aromatic heterocycles. The minimum Gasteiger partial charge on any atom is -0.479 e. The summed E-state index contributed by atoms with van der Waals surface area (Å²) >= 11 is 0. The summed E-state index contributed by atoms with van der Waals surface area (Å²) in [6.45, 7) is 2.21. The summed E-state index contributed by atoms with van der Waals surface area (Å²) in [5.74, 6) is 2.18. The Morgan fingerprint density at radius 1 is 1.77 bits per heavy atom. The number of hydrogen-bond donors (Lipinski definition) is 1. The van der Waals surface area contributed by atoms with E-state index in [1.807, 2.05) is 6.07 Å². The third-order valence-electron chi connectivity index (χ3n) is 2.40. The molecular formula is C9H14N2O2. The maximum atomic E-state index is 5.11. The second kappa shape index (κ2) is 3.79. The fourth-order valence-electron chi connectivity index (χ4n) is 1.66. The Kier molecular flexibility index (Phi) is 2.49. The highest BCUT2D eigenvalue weighted by molar-refractivity contribution is 5.11. The molecule has 1 aliphatic heterocycles. The predicted molar refractivity (Wildman–Crippen MR) is 47.7 cm³/mol. The molecule has 0 spiro atoms. The zero-order chi connectivity index (χ0) is 9.10. The third kappa shape index (κ3) is 2.01. The van der Waals surface area contributed by atoms with E-state index in [4.69, 9.17) is 9.26 Å². The van der Waals surface area contributed by atoms with Gasteiger partial charge in [-0.1, -0.05) is 0 Å². The van der Waals surface area contributed by atoms with E-state index in [2.05, 4.69) is 10.5 Å². The smallest absolute Gasteiger partial charge is 0.254 e. The maximum absolute atomic E-state index is 5.11. The van der Waals surface area contributed by atoms with Gasteiger partial charge in [0, 0.05) is 12.5 Å². The van der Waals surface area contributed by atoms with Crippen LogP contribution in [0.3, 0.4) is 0 Å². The lowest BCUT2D eigenvalue weighted by Crippen LogP contribution is -2.10. The van der Waals surface area contributed by atoms with Gasteiger partial charge in [-0.2, -0.15) is 0 Å². The molecule has 1 unspecified atom stereocenters. The summed E-state index contributed by atoms with van der Waals surface area (Å²) in [4.78, 5) is 0. The highest BCUT2D eigenvalue weighted by Crippen LogP contribution is 2.18. The van der Waals surface area contributed by atoms with Gasteiger partial charge in [-0.05, 0) is 30.6 Å². The van der Waals surface area contributed by atoms with E-state index in [-0.39, 0.29) is 0 Å². The van der Waals surface area contributed by atoms with Gasteiger partial charge in [-0.3, -0.25) is 0 Å². The molecule has 72 valence electrons. The van der Waals surface area contributed by atoms with Gasteiger partial charge in [0.1, 0.15) is 5.76 Å². The van der Waals surface area contributed by atoms with Gasteiger partial charge in [-0.25, -0.2) is 0 Å². The standard InChI is InChI=1S/C9H14N2O2/c1-12-9-5-8(13-11-9)4-7-2-3-10-6-7/h5,7,10H,2-4,6H2,1H3. The van der Waals surface area contributed by atoms with Gasteiger partial charge in [0.05, 0.1) is 7.11 Å². The zero-order valence-corrected chi connectivity index (χ0v) is 7.75. The molecule has 0 bridgehead atoms. The first-order valence-electron chi connectivity index (χ1n) is 4.59. The maximum Gasteiger partial charge on any atom is 0.254 e. The molecule has 4 heteroatoms. The summed E-state index contributed by atoms with van der Waals surface area (Å²) in [6, 6.07) is 1.86. The molecule has 0 amide bonds. The predicted octanol–water partition coefficient (Wildman–Crippen LogP) is 0.835. The van der Waals surface area contributed by atoms with Crippen LogP contribution >= 0.6 is 0 Å². The van der Waals surface area contributed by atoms with E-state index in [1.165, 1.54) is 6.42 Å². The van der Waals surface area contributed by atoms with Gasteiger partial charge in [-0.15, -0.1) is 0 Å². The molecule has 1 aliphatic rings. The molecule has 0 radical (unpaired) electrons. The highest BCUT2D eigenvalue weighted by Gasteiger charge is 2.17. The molecule has 0 aliphatic carbocycles. The van der Waals surface area contributed by atoms with E-state index in [9.17, 15) is 0 Å². The largest absolute Gasteiger partial charge is 0.479 e. The van der Waals surface area contributed by atoms with Crippen LogP contribution in [-0.4, -0.2) is 25.4 Å². The second-order valence-electron chi connectivity index (χ2n) is 3.40. The lowest BCUT2D eigenvalue weighted by molar-refractivity contribution is 0.319. The Morgan fingerprint density at radius 2 is 2.69 bits per heavy atom. The van der Waals surface area contributed by atoms with Crippen molar-refractivity contribution in [1.29, 1.82) is 0 Å². The molecular weight excluding hydrogens is 168 g/mol. The fourth-order valence-corrected chi connectivity index (χ4v) is 1.66. The minimum absolute atomic E-state index is 0.570. The summed E-state index contributed by atoms with van der Waals surface area (Å²) in [6.07, 6.45) is 2.19. The van der Waals surface area contributed by atoms with Crippen molar-refractivity contribution in [3.05, 3.63) is 11.8 Å². The monoisotopic (exact) mass is 182 g/mol. The molecule has 4 nitrogen and oxygen atoms in total. The average molecular weight is 182 g/mol. The Balaban J connectivity index is 1.92. The van der Waals surface area contributed by atoms with Crippen LogP contribution in [0.4, 0.5) is 0 Å². The first kappa shape index (κ1) is 8.56. The van der Waals surface area contributed by atoms with Crippen molar-refractivity contribution in [3.63, 3.8) is 0 Å². The Bertz CT molecular complexity index is 266. The van der Waals surface area contributed by atoms with Crippen LogP contribution in [0.15, 0.2) is 10.6 Å². The summed E-state index contributed by atoms with van der Waals surface area (Å²) in [5.41, 5.74) is 0. The van der Waals surface area contributed by atoms with Crippen LogP contribution < -0.4 is 10.1 Å². The van der Waals surface area contributed by atoms with Crippen LogP contribution in [-0.2, 0) is 6.42 Å². The first-order chi connectivity index (χ1) is 6.38. The number of rotatable bonds is 3. The van der Waals surface area contributed by atoms with E-state index in [0.29, 0.717) is 11.8 Å². The zero-order valence-electron chi connectivity index (χ0n) is 7.75. The number of aromatic nitrogens is 1.